The van der Waals surface area contributed by atoms with Gasteiger partial charge in [0.1, 0.15) is 0 Å². The summed E-state index contributed by atoms with van der Waals surface area (Å²) >= 11 is 5.36. The van der Waals surface area contributed by atoms with Gasteiger partial charge in [0, 0.05) is 31.7 Å². The van der Waals surface area contributed by atoms with Crippen molar-refractivity contribution in [2.75, 3.05) is 23.7 Å². The van der Waals surface area contributed by atoms with Crippen molar-refractivity contribution in [3.63, 3.8) is 0 Å². The van der Waals surface area contributed by atoms with Crippen molar-refractivity contribution >= 4 is 57.0 Å². The number of hydrogen-bond acceptors (Lipinski definition) is 7. The second-order valence-corrected chi connectivity index (χ2v) is 10.6. The molecule has 140 valence electrons. The standard InChI is InChI=1S/C20H22N4S3/c1-13-11-21-19(25-13)23-15-3-7-17(8-4-15)27-18-9-5-16(6-10-18)24-20-22-12-14(2)26-20/h3-10,13-14H,11-12H2,1-2H3,(H,21,23)(H,22,24). The number of nitrogens with zero attached hydrogens (tertiary/aromatic N) is 2. The maximum atomic E-state index is 4.50. The third kappa shape index (κ3) is 5.24. The Kier molecular flexibility index (Phi) is 6.00. The molecular weight excluding hydrogens is 392 g/mol. The normalized spacial score (nSPS) is 21.7. The summed E-state index contributed by atoms with van der Waals surface area (Å²) in [5.74, 6) is 0. The Morgan fingerprint density at radius 1 is 0.741 bits per heavy atom. The van der Waals surface area contributed by atoms with Gasteiger partial charge in [-0.15, -0.1) is 0 Å². The number of benzene rings is 2. The average Bonchev–Trinajstić information content (AvgIpc) is 3.26. The maximum Gasteiger partial charge on any atom is 0.161 e. The number of rotatable bonds is 4. The third-order valence-electron chi connectivity index (χ3n) is 4.06. The van der Waals surface area contributed by atoms with E-state index < -0.39 is 0 Å². The molecule has 0 aromatic heterocycles. The van der Waals surface area contributed by atoms with E-state index in [0.29, 0.717) is 10.5 Å². The summed E-state index contributed by atoms with van der Waals surface area (Å²) in [6, 6.07) is 17.0. The molecule has 2 unspecified atom stereocenters. The first-order valence-corrected chi connectivity index (χ1v) is 11.6. The fourth-order valence-corrected chi connectivity index (χ4v) is 5.22. The van der Waals surface area contributed by atoms with Gasteiger partial charge in [-0.1, -0.05) is 49.1 Å². The first kappa shape index (κ1) is 18.8. The molecule has 4 rings (SSSR count). The van der Waals surface area contributed by atoms with E-state index >= 15 is 0 Å². The molecular formula is C20H22N4S3. The van der Waals surface area contributed by atoms with Crippen molar-refractivity contribution in [1.29, 1.82) is 0 Å². The zero-order chi connectivity index (χ0) is 18.6. The lowest BCUT2D eigenvalue weighted by Gasteiger charge is -2.09. The second-order valence-electron chi connectivity index (χ2n) is 6.55. The third-order valence-corrected chi connectivity index (χ3v) is 7.08. The van der Waals surface area contributed by atoms with Gasteiger partial charge in [-0.3, -0.25) is 9.98 Å². The predicted octanol–water partition coefficient (Wildman–Crippen LogP) is 5.64. The minimum absolute atomic E-state index is 0.572. The van der Waals surface area contributed by atoms with Crippen LogP contribution < -0.4 is 10.6 Å². The first-order valence-electron chi connectivity index (χ1n) is 8.98. The summed E-state index contributed by atoms with van der Waals surface area (Å²) in [4.78, 5) is 11.4. The summed E-state index contributed by atoms with van der Waals surface area (Å²) in [6.07, 6.45) is 0. The van der Waals surface area contributed by atoms with E-state index in [2.05, 4.69) is 83.0 Å². The van der Waals surface area contributed by atoms with Crippen molar-refractivity contribution < 1.29 is 0 Å². The summed E-state index contributed by atoms with van der Waals surface area (Å²) < 4.78 is 0. The molecule has 4 nitrogen and oxygen atoms in total. The van der Waals surface area contributed by atoms with E-state index in [9.17, 15) is 0 Å². The Balaban J connectivity index is 1.32. The summed E-state index contributed by atoms with van der Waals surface area (Å²) in [6.45, 7) is 6.20. The predicted molar refractivity (Wildman–Crippen MR) is 123 cm³/mol. The van der Waals surface area contributed by atoms with E-state index in [1.165, 1.54) is 9.79 Å². The van der Waals surface area contributed by atoms with Crippen molar-refractivity contribution in [2.24, 2.45) is 9.98 Å². The van der Waals surface area contributed by atoms with E-state index in [4.69, 9.17) is 0 Å². The lowest BCUT2D eigenvalue weighted by Crippen LogP contribution is -2.05. The number of thioether (sulfide) groups is 2. The molecule has 2 aromatic rings. The zero-order valence-electron chi connectivity index (χ0n) is 15.3. The largest absolute Gasteiger partial charge is 0.335 e. The topological polar surface area (TPSA) is 48.8 Å². The highest BCUT2D eigenvalue weighted by Gasteiger charge is 2.15. The number of hydrogen-bond donors (Lipinski definition) is 2. The molecule has 0 bridgehead atoms. The molecule has 0 aliphatic carbocycles. The van der Waals surface area contributed by atoms with Crippen molar-refractivity contribution in [1.82, 2.24) is 0 Å². The quantitative estimate of drug-likeness (QED) is 0.677. The van der Waals surface area contributed by atoms with Crippen LogP contribution in [0.15, 0.2) is 68.3 Å². The molecule has 0 saturated heterocycles. The molecule has 2 aliphatic heterocycles. The lowest BCUT2D eigenvalue weighted by atomic mass is 10.3. The van der Waals surface area contributed by atoms with Crippen LogP contribution in [0.4, 0.5) is 11.4 Å². The van der Waals surface area contributed by atoms with Gasteiger partial charge in [0.15, 0.2) is 10.3 Å². The summed E-state index contributed by atoms with van der Waals surface area (Å²) in [5.41, 5.74) is 2.17. The van der Waals surface area contributed by atoms with Crippen LogP contribution in [0, 0.1) is 0 Å². The van der Waals surface area contributed by atoms with Crippen LogP contribution in [-0.2, 0) is 0 Å². The van der Waals surface area contributed by atoms with Crippen LogP contribution in [0.5, 0.6) is 0 Å². The van der Waals surface area contributed by atoms with Crippen LogP contribution >= 0.6 is 35.3 Å². The monoisotopic (exact) mass is 414 g/mol. The molecule has 0 spiro atoms. The van der Waals surface area contributed by atoms with Crippen molar-refractivity contribution in [3.8, 4) is 0 Å². The SMILES string of the molecule is CC1CN=C(Nc2ccc(Sc3ccc(NC4=NCC(C)S4)cc3)cc2)S1. The molecule has 0 saturated carbocycles. The van der Waals surface area contributed by atoms with Gasteiger partial charge in [-0.25, -0.2) is 0 Å². The number of nitrogens with one attached hydrogen (secondary N) is 2. The Morgan fingerprint density at radius 3 is 1.48 bits per heavy atom. The van der Waals surface area contributed by atoms with Crippen molar-refractivity contribution in [2.45, 2.75) is 34.1 Å². The fourth-order valence-electron chi connectivity index (χ4n) is 2.69. The lowest BCUT2D eigenvalue weighted by molar-refractivity contribution is 0.976. The van der Waals surface area contributed by atoms with E-state index in [1.807, 2.05) is 0 Å². The van der Waals surface area contributed by atoms with Gasteiger partial charge in [-0.05, 0) is 48.5 Å². The maximum absolute atomic E-state index is 4.50. The minimum Gasteiger partial charge on any atom is -0.335 e. The van der Waals surface area contributed by atoms with E-state index in [-0.39, 0.29) is 0 Å². The molecule has 7 heteroatoms. The number of anilines is 2. The van der Waals surface area contributed by atoms with Crippen LogP contribution in [0.2, 0.25) is 0 Å². The highest BCUT2D eigenvalue weighted by atomic mass is 32.2. The van der Waals surface area contributed by atoms with Crippen LogP contribution in [-0.4, -0.2) is 33.9 Å². The van der Waals surface area contributed by atoms with E-state index in [1.54, 1.807) is 35.3 Å². The summed E-state index contributed by atoms with van der Waals surface area (Å²) in [5, 5.41) is 9.96. The Bertz CT molecular complexity index is 775. The molecule has 2 aromatic carbocycles. The Morgan fingerprint density at radius 2 is 1.15 bits per heavy atom. The zero-order valence-corrected chi connectivity index (χ0v) is 17.8. The van der Waals surface area contributed by atoms with Crippen LogP contribution in [0.25, 0.3) is 0 Å². The van der Waals surface area contributed by atoms with Crippen LogP contribution in [0.3, 0.4) is 0 Å². The van der Waals surface area contributed by atoms with Gasteiger partial charge in [0.25, 0.3) is 0 Å². The van der Waals surface area contributed by atoms with Crippen LogP contribution in [0.1, 0.15) is 13.8 Å². The number of amidine groups is 2. The van der Waals surface area contributed by atoms with Gasteiger partial charge < -0.3 is 10.6 Å². The van der Waals surface area contributed by atoms with E-state index in [0.717, 1.165) is 34.8 Å². The van der Waals surface area contributed by atoms with Gasteiger partial charge in [0.2, 0.25) is 0 Å². The van der Waals surface area contributed by atoms with Crippen molar-refractivity contribution in [3.05, 3.63) is 48.5 Å². The Hall–Kier alpha value is -1.57. The highest BCUT2D eigenvalue weighted by Crippen LogP contribution is 2.30. The highest BCUT2D eigenvalue weighted by molar-refractivity contribution is 8.15. The molecule has 0 amide bonds. The molecule has 0 fully saturated rings. The van der Waals surface area contributed by atoms with Gasteiger partial charge >= 0.3 is 0 Å². The smallest absolute Gasteiger partial charge is 0.161 e. The fraction of sp³-hybridized carbons (Fsp3) is 0.300. The molecule has 2 aliphatic rings. The Labute approximate surface area is 173 Å². The van der Waals surface area contributed by atoms with Gasteiger partial charge in [0.05, 0.1) is 13.1 Å². The molecule has 27 heavy (non-hydrogen) atoms. The average molecular weight is 415 g/mol. The summed E-state index contributed by atoms with van der Waals surface area (Å²) in [7, 11) is 0. The first-order chi connectivity index (χ1) is 13.1. The molecule has 2 atom stereocenters. The number of aliphatic imine (C=N–C) groups is 2. The molecule has 2 heterocycles. The molecule has 2 N–H and O–H groups in total. The molecule has 0 radical (unpaired) electrons. The second kappa shape index (κ2) is 8.63. The van der Waals surface area contributed by atoms with Gasteiger partial charge in [-0.2, -0.15) is 0 Å². The minimum atomic E-state index is 0.572.